The fourth-order valence-electron chi connectivity index (χ4n) is 4.84. The summed E-state index contributed by atoms with van der Waals surface area (Å²) in [6.45, 7) is 5.37. The third-order valence-electron chi connectivity index (χ3n) is 6.27. The first kappa shape index (κ1) is 19.8. The molecule has 1 aliphatic heterocycles. The monoisotopic (exact) mass is 390 g/mol. The zero-order chi connectivity index (χ0) is 20.4. The van der Waals surface area contributed by atoms with E-state index in [1.807, 2.05) is 24.5 Å². The van der Waals surface area contributed by atoms with Crippen molar-refractivity contribution in [2.45, 2.75) is 51.6 Å². The van der Waals surface area contributed by atoms with Crippen molar-refractivity contribution >= 4 is 0 Å². The maximum atomic E-state index is 4.81. The Bertz CT molecular complexity index is 923. The van der Waals surface area contributed by atoms with Crippen LogP contribution in [-0.2, 0) is 20.5 Å². The van der Waals surface area contributed by atoms with Gasteiger partial charge in [0.25, 0.3) is 0 Å². The van der Waals surface area contributed by atoms with Crippen LogP contribution in [-0.4, -0.2) is 26.0 Å². The van der Waals surface area contributed by atoms with Crippen molar-refractivity contribution in [3.63, 3.8) is 0 Å². The Balaban J connectivity index is 1.69. The summed E-state index contributed by atoms with van der Waals surface area (Å²) in [5.41, 5.74) is 6.37. The van der Waals surface area contributed by atoms with Gasteiger partial charge >= 0.3 is 0 Å². The fraction of sp³-hybridized carbons (Fsp3) is 0.458. The first-order chi connectivity index (χ1) is 14.0. The van der Waals surface area contributed by atoms with E-state index >= 15 is 0 Å². The van der Waals surface area contributed by atoms with Gasteiger partial charge in [0.05, 0.1) is 37.6 Å². The molecule has 29 heavy (non-hydrogen) atoms. The average molecular weight is 391 g/mol. The van der Waals surface area contributed by atoms with Crippen molar-refractivity contribution in [3.8, 4) is 0 Å². The van der Waals surface area contributed by atoms with Crippen molar-refractivity contribution in [2.75, 3.05) is 6.54 Å². The standard InChI is InChI=1S/C24H32N5/c1-18-8-6-13-25-23(18)21-10-5-11-22(24-19(2)9-7-14-26-24)29(21)15-12-20-16-27(3)17-28(20)4/h6-9,13-14,16-17,21-22H,5,10-12,15H2,1-4H3/q+1/t21-,22+. The Morgan fingerprint density at radius 2 is 1.59 bits per heavy atom. The molecule has 4 heterocycles. The maximum absolute atomic E-state index is 4.81. The predicted octanol–water partition coefficient (Wildman–Crippen LogP) is 3.77. The van der Waals surface area contributed by atoms with Gasteiger partial charge in [0, 0.05) is 25.4 Å². The molecular weight excluding hydrogens is 358 g/mol. The third kappa shape index (κ3) is 4.10. The first-order valence-electron chi connectivity index (χ1n) is 10.6. The molecule has 152 valence electrons. The lowest BCUT2D eigenvalue weighted by Gasteiger charge is -2.42. The Hall–Kier alpha value is -2.53. The molecule has 2 atom stereocenters. The average Bonchev–Trinajstić information content (AvgIpc) is 3.04. The minimum atomic E-state index is 0.338. The van der Waals surface area contributed by atoms with Crippen LogP contribution in [0.1, 0.15) is 59.6 Å². The summed E-state index contributed by atoms with van der Waals surface area (Å²) >= 11 is 0. The highest BCUT2D eigenvalue weighted by Crippen LogP contribution is 2.42. The Morgan fingerprint density at radius 1 is 1.00 bits per heavy atom. The number of aryl methyl sites for hydroxylation is 4. The van der Waals surface area contributed by atoms with E-state index in [0.717, 1.165) is 25.8 Å². The van der Waals surface area contributed by atoms with Crippen molar-refractivity contribution < 1.29 is 4.57 Å². The molecule has 1 aliphatic rings. The zero-order valence-corrected chi connectivity index (χ0v) is 18.0. The van der Waals surface area contributed by atoms with Crippen LogP contribution < -0.4 is 4.57 Å². The first-order valence-corrected chi connectivity index (χ1v) is 10.6. The molecule has 1 fully saturated rings. The summed E-state index contributed by atoms with van der Waals surface area (Å²) in [6, 6.07) is 9.13. The van der Waals surface area contributed by atoms with Crippen LogP contribution in [0.3, 0.4) is 0 Å². The number of hydrogen-bond acceptors (Lipinski definition) is 3. The van der Waals surface area contributed by atoms with Gasteiger partial charge < -0.3 is 0 Å². The molecule has 0 unspecified atom stereocenters. The van der Waals surface area contributed by atoms with Crippen LogP contribution in [0, 0.1) is 13.8 Å². The molecule has 0 spiro atoms. The number of pyridine rings is 2. The molecule has 0 saturated carbocycles. The van der Waals surface area contributed by atoms with E-state index in [2.05, 4.69) is 66.6 Å². The Kier molecular flexibility index (Phi) is 5.76. The van der Waals surface area contributed by atoms with Crippen molar-refractivity contribution in [3.05, 3.63) is 77.4 Å². The highest BCUT2D eigenvalue weighted by Gasteiger charge is 2.35. The van der Waals surface area contributed by atoms with Crippen LogP contribution in [0.4, 0.5) is 0 Å². The lowest BCUT2D eigenvalue weighted by molar-refractivity contribution is -0.671. The topological polar surface area (TPSA) is 37.8 Å². The second kappa shape index (κ2) is 8.46. The van der Waals surface area contributed by atoms with E-state index in [0.29, 0.717) is 12.1 Å². The summed E-state index contributed by atoms with van der Waals surface area (Å²) in [6.07, 6.45) is 12.8. The van der Waals surface area contributed by atoms with Gasteiger partial charge in [-0.05, 0) is 56.4 Å². The number of piperidine rings is 1. The second-order valence-electron chi connectivity index (χ2n) is 8.37. The normalized spacial score (nSPS) is 20.1. The number of likely N-dealkylation sites (tertiary alicyclic amines) is 1. The van der Waals surface area contributed by atoms with Crippen molar-refractivity contribution in [2.24, 2.45) is 14.1 Å². The van der Waals surface area contributed by atoms with E-state index in [1.165, 1.54) is 34.6 Å². The van der Waals surface area contributed by atoms with E-state index in [-0.39, 0.29) is 0 Å². The second-order valence-corrected chi connectivity index (χ2v) is 8.37. The van der Waals surface area contributed by atoms with Crippen LogP contribution >= 0.6 is 0 Å². The van der Waals surface area contributed by atoms with Crippen molar-refractivity contribution in [1.29, 1.82) is 0 Å². The van der Waals surface area contributed by atoms with Gasteiger partial charge in [0.1, 0.15) is 11.9 Å². The number of hydrogen-bond donors (Lipinski definition) is 0. The van der Waals surface area contributed by atoms with Gasteiger partial charge in [0.15, 0.2) is 0 Å². The zero-order valence-electron chi connectivity index (χ0n) is 18.0. The number of nitrogens with zero attached hydrogens (tertiary/aromatic N) is 5. The molecule has 1 saturated heterocycles. The SMILES string of the molecule is Cc1cccnc1[C@H]1CCC[C@@H](c2ncccc2C)N1CCc1c[n+](C)cn1C. The van der Waals surface area contributed by atoms with Crippen LogP contribution in [0.2, 0.25) is 0 Å². The summed E-state index contributed by atoms with van der Waals surface area (Å²) in [7, 11) is 4.22. The van der Waals surface area contributed by atoms with E-state index in [1.54, 1.807) is 0 Å². The predicted molar refractivity (Wildman–Crippen MR) is 114 cm³/mol. The quantitative estimate of drug-likeness (QED) is 0.623. The molecule has 5 nitrogen and oxygen atoms in total. The van der Waals surface area contributed by atoms with E-state index < -0.39 is 0 Å². The van der Waals surface area contributed by atoms with Gasteiger partial charge in [0.2, 0.25) is 6.33 Å². The third-order valence-corrected chi connectivity index (χ3v) is 6.27. The van der Waals surface area contributed by atoms with Gasteiger partial charge in [-0.3, -0.25) is 14.9 Å². The molecule has 5 heteroatoms. The van der Waals surface area contributed by atoms with Gasteiger partial charge in [-0.25, -0.2) is 9.13 Å². The molecule has 3 aromatic heterocycles. The Morgan fingerprint density at radius 3 is 2.07 bits per heavy atom. The minimum Gasteiger partial charge on any atom is -0.286 e. The number of rotatable bonds is 5. The molecule has 0 radical (unpaired) electrons. The molecule has 0 aliphatic carbocycles. The molecule has 4 rings (SSSR count). The van der Waals surface area contributed by atoms with Gasteiger partial charge in [-0.1, -0.05) is 12.1 Å². The van der Waals surface area contributed by atoms with Crippen LogP contribution in [0.15, 0.2) is 49.2 Å². The molecule has 3 aromatic rings. The van der Waals surface area contributed by atoms with E-state index in [4.69, 9.17) is 9.97 Å². The molecule has 0 aromatic carbocycles. The van der Waals surface area contributed by atoms with Crippen molar-refractivity contribution in [1.82, 2.24) is 19.4 Å². The smallest absolute Gasteiger partial charge is 0.243 e. The lowest BCUT2D eigenvalue weighted by atomic mass is 9.88. The highest BCUT2D eigenvalue weighted by atomic mass is 15.2. The molecule has 0 N–H and O–H groups in total. The number of imidazole rings is 1. The highest BCUT2D eigenvalue weighted by molar-refractivity contribution is 5.26. The molecular formula is C24H32N5+. The lowest BCUT2D eigenvalue weighted by Crippen LogP contribution is -2.39. The van der Waals surface area contributed by atoms with Gasteiger partial charge in [-0.15, -0.1) is 0 Å². The largest absolute Gasteiger partial charge is 0.286 e. The van der Waals surface area contributed by atoms with Crippen LogP contribution in [0.25, 0.3) is 0 Å². The maximum Gasteiger partial charge on any atom is 0.243 e. The minimum absolute atomic E-state index is 0.338. The summed E-state index contributed by atoms with van der Waals surface area (Å²) < 4.78 is 4.36. The summed E-state index contributed by atoms with van der Waals surface area (Å²) in [5, 5.41) is 0. The number of aromatic nitrogens is 4. The molecule has 0 bridgehead atoms. The molecule has 0 amide bonds. The van der Waals surface area contributed by atoms with Crippen LogP contribution in [0.5, 0.6) is 0 Å². The van der Waals surface area contributed by atoms with Gasteiger partial charge in [-0.2, -0.15) is 0 Å². The Labute approximate surface area is 174 Å². The summed E-state index contributed by atoms with van der Waals surface area (Å²) in [4.78, 5) is 12.3. The fourth-order valence-corrected chi connectivity index (χ4v) is 4.84. The van der Waals surface area contributed by atoms with E-state index in [9.17, 15) is 0 Å². The summed E-state index contributed by atoms with van der Waals surface area (Å²) in [5.74, 6) is 0.